The number of hydrogen-bond acceptors (Lipinski definition) is 6. The number of rotatable bonds is 6. The van der Waals surface area contributed by atoms with Gasteiger partial charge in [0.25, 0.3) is 11.6 Å². The molecule has 160 valence electrons. The molecule has 0 saturated carbocycles. The van der Waals surface area contributed by atoms with E-state index in [1.165, 1.54) is 12.1 Å². The third-order valence-electron chi connectivity index (χ3n) is 4.10. The summed E-state index contributed by atoms with van der Waals surface area (Å²) >= 11 is 10.4. The summed E-state index contributed by atoms with van der Waals surface area (Å²) in [6.07, 6.45) is -0.372. The first-order valence-corrected chi connectivity index (χ1v) is 11.1. The summed E-state index contributed by atoms with van der Waals surface area (Å²) in [7, 11) is 0. The Hall–Kier alpha value is -2.75. The lowest BCUT2D eigenvalue weighted by atomic mass is 10.0. The zero-order chi connectivity index (χ0) is 22.7. The minimum Gasteiger partial charge on any atom is -0.459 e. The largest absolute Gasteiger partial charge is 0.459 e. The van der Waals surface area contributed by atoms with Crippen molar-refractivity contribution >= 4 is 61.4 Å². The van der Waals surface area contributed by atoms with E-state index in [4.69, 9.17) is 16.3 Å². The maximum Gasteiger partial charge on any atom is 0.342 e. The second-order valence-corrected chi connectivity index (χ2v) is 8.92. The third-order valence-corrected chi connectivity index (χ3v) is 5.73. The van der Waals surface area contributed by atoms with Gasteiger partial charge < -0.3 is 10.1 Å². The fraction of sp³-hybridized carbons (Fsp3) is 0.143. The third kappa shape index (κ3) is 5.30. The van der Waals surface area contributed by atoms with Crippen LogP contribution in [0.4, 0.5) is 10.7 Å². The summed E-state index contributed by atoms with van der Waals surface area (Å²) in [4.78, 5) is 36.3. The van der Waals surface area contributed by atoms with Gasteiger partial charge in [-0.1, -0.05) is 39.7 Å². The quantitative estimate of drug-likeness (QED) is 0.224. The normalized spacial score (nSPS) is 10.7. The van der Waals surface area contributed by atoms with E-state index in [0.717, 1.165) is 27.4 Å². The molecule has 0 aliphatic heterocycles. The number of benzene rings is 2. The zero-order valence-electron chi connectivity index (χ0n) is 16.3. The number of thiophene rings is 1. The van der Waals surface area contributed by atoms with Gasteiger partial charge in [0.15, 0.2) is 0 Å². The average molecular weight is 524 g/mol. The van der Waals surface area contributed by atoms with Crippen molar-refractivity contribution in [3.63, 3.8) is 0 Å². The van der Waals surface area contributed by atoms with E-state index in [-0.39, 0.29) is 27.3 Å². The molecule has 1 amide bonds. The standard InChI is InChI=1S/C21H16BrClN2O5S/c1-11(2)30-21(27)18-16(12-4-3-5-13(22)8-12)10-31-20(18)24-19(26)15-7-6-14(23)9-17(15)25(28)29/h3-11H,1-2H3,(H,24,26). The van der Waals surface area contributed by atoms with Crippen LogP contribution >= 0.6 is 38.9 Å². The maximum absolute atomic E-state index is 12.8. The number of hydrogen-bond donors (Lipinski definition) is 1. The smallest absolute Gasteiger partial charge is 0.342 e. The summed E-state index contributed by atoms with van der Waals surface area (Å²) in [5, 5.41) is 16.1. The van der Waals surface area contributed by atoms with Crippen LogP contribution < -0.4 is 5.32 Å². The Balaban J connectivity index is 2.05. The number of amides is 1. The average Bonchev–Trinajstić information content (AvgIpc) is 3.10. The summed E-state index contributed by atoms with van der Waals surface area (Å²) in [6.45, 7) is 3.44. The monoisotopic (exact) mass is 522 g/mol. The lowest BCUT2D eigenvalue weighted by molar-refractivity contribution is -0.385. The number of ether oxygens (including phenoxy) is 1. The molecule has 0 unspecified atom stereocenters. The molecular formula is C21H16BrClN2O5S. The van der Waals surface area contributed by atoms with Gasteiger partial charge in [-0.25, -0.2) is 4.79 Å². The summed E-state index contributed by atoms with van der Waals surface area (Å²) < 4.78 is 6.19. The van der Waals surface area contributed by atoms with Crippen LogP contribution in [-0.2, 0) is 4.74 Å². The lowest BCUT2D eigenvalue weighted by Gasteiger charge is -2.12. The molecule has 7 nitrogen and oxygen atoms in total. The number of nitrogens with zero attached hydrogens (tertiary/aromatic N) is 1. The highest BCUT2D eigenvalue weighted by Gasteiger charge is 2.26. The van der Waals surface area contributed by atoms with Gasteiger partial charge in [-0.2, -0.15) is 0 Å². The zero-order valence-corrected chi connectivity index (χ0v) is 19.5. The van der Waals surface area contributed by atoms with E-state index >= 15 is 0 Å². The molecule has 0 bridgehead atoms. The van der Waals surface area contributed by atoms with Crippen LogP contribution in [-0.4, -0.2) is 22.9 Å². The van der Waals surface area contributed by atoms with Gasteiger partial charge in [-0.15, -0.1) is 11.3 Å². The first kappa shape index (κ1) is 22.9. The summed E-state index contributed by atoms with van der Waals surface area (Å²) in [5.41, 5.74) is 0.911. The molecule has 31 heavy (non-hydrogen) atoms. The van der Waals surface area contributed by atoms with E-state index in [0.29, 0.717) is 5.56 Å². The van der Waals surface area contributed by atoms with Crippen LogP contribution in [0.1, 0.15) is 34.6 Å². The Kier molecular flexibility index (Phi) is 7.09. The van der Waals surface area contributed by atoms with E-state index in [9.17, 15) is 19.7 Å². The van der Waals surface area contributed by atoms with E-state index in [2.05, 4.69) is 21.2 Å². The van der Waals surface area contributed by atoms with Crippen LogP contribution in [0.2, 0.25) is 5.02 Å². The second kappa shape index (κ2) is 9.59. The highest BCUT2D eigenvalue weighted by atomic mass is 79.9. The first-order chi connectivity index (χ1) is 14.7. The molecule has 10 heteroatoms. The van der Waals surface area contributed by atoms with Gasteiger partial charge in [-0.05, 0) is 43.7 Å². The molecule has 3 rings (SSSR count). The maximum atomic E-state index is 12.8. The van der Waals surface area contributed by atoms with Gasteiger partial charge in [0.2, 0.25) is 0 Å². The fourth-order valence-corrected chi connectivity index (χ4v) is 4.33. The Morgan fingerprint density at radius 2 is 1.97 bits per heavy atom. The predicted octanol–water partition coefficient (Wildman–Crippen LogP) is 6.56. The van der Waals surface area contributed by atoms with Crippen LogP contribution in [0.5, 0.6) is 0 Å². The molecule has 3 aromatic rings. The second-order valence-electron chi connectivity index (χ2n) is 6.69. The van der Waals surface area contributed by atoms with Crippen molar-refractivity contribution < 1.29 is 19.2 Å². The van der Waals surface area contributed by atoms with Gasteiger partial charge >= 0.3 is 5.97 Å². The number of carbonyl (C=O) groups is 2. The minimum absolute atomic E-state index is 0.137. The van der Waals surface area contributed by atoms with Gasteiger partial charge in [0.05, 0.1) is 11.0 Å². The lowest BCUT2D eigenvalue weighted by Crippen LogP contribution is -2.17. The van der Waals surface area contributed by atoms with Crippen molar-refractivity contribution in [2.45, 2.75) is 20.0 Å². The SMILES string of the molecule is CC(C)OC(=O)c1c(-c2cccc(Br)c2)csc1NC(=O)c1ccc(Cl)cc1[N+](=O)[O-]. The fourth-order valence-electron chi connectivity index (χ4n) is 2.81. The number of halogens is 2. The van der Waals surface area contributed by atoms with Gasteiger partial charge in [-0.3, -0.25) is 14.9 Å². The Morgan fingerprint density at radius 1 is 1.23 bits per heavy atom. The van der Waals surface area contributed by atoms with Crippen LogP contribution in [0, 0.1) is 10.1 Å². The molecule has 0 aliphatic carbocycles. The molecule has 1 aromatic heterocycles. The molecule has 0 aliphatic rings. The Bertz CT molecular complexity index is 1180. The minimum atomic E-state index is -0.732. The summed E-state index contributed by atoms with van der Waals surface area (Å²) in [5.74, 6) is -1.34. The van der Waals surface area contributed by atoms with E-state index < -0.39 is 22.5 Å². The molecule has 0 radical (unpaired) electrons. The van der Waals surface area contributed by atoms with E-state index in [1.807, 2.05) is 24.3 Å². The number of anilines is 1. The highest BCUT2D eigenvalue weighted by Crippen LogP contribution is 2.38. The molecule has 0 atom stereocenters. The van der Waals surface area contributed by atoms with Crippen LogP contribution in [0.3, 0.4) is 0 Å². The summed E-state index contributed by atoms with van der Waals surface area (Å²) in [6, 6.07) is 11.1. The number of nitrogens with one attached hydrogen (secondary N) is 1. The van der Waals surface area contributed by atoms with Gasteiger partial charge in [0.1, 0.15) is 16.1 Å². The number of esters is 1. The molecule has 1 heterocycles. The number of carbonyl (C=O) groups excluding carboxylic acids is 2. The highest BCUT2D eigenvalue weighted by molar-refractivity contribution is 9.10. The Labute approximate surface area is 195 Å². The van der Waals surface area contributed by atoms with Crippen LogP contribution in [0.25, 0.3) is 11.1 Å². The Morgan fingerprint density at radius 3 is 2.61 bits per heavy atom. The number of nitro groups is 1. The van der Waals surface area contributed by atoms with Crippen molar-refractivity contribution in [3.05, 3.63) is 78.6 Å². The molecule has 1 N–H and O–H groups in total. The molecule has 2 aromatic carbocycles. The molecule has 0 spiro atoms. The first-order valence-electron chi connectivity index (χ1n) is 9.01. The van der Waals surface area contributed by atoms with Crippen molar-refractivity contribution in [1.29, 1.82) is 0 Å². The van der Waals surface area contributed by atoms with Crippen molar-refractivity contribution in [2.24, 2.45) is 0 Å². The van der Waals surface area contributed by atoms with Crippen molar-refractivity contribution in [1.82, 2.24) is 0 Å². The van der Waals surface area contributed by atoms with Crippen LogP contribution in [0.15, 0.2) is 52.3 Å². The molecular weight excluding hydrogens is 508 g/mol. The van der Waals surface area contributed by atoms with Gasteiger partial charge in [0, 0.05) is 26.5 Å². The predicted molar refractivity (Wildman–Crippen MR) is 124 cm³/mol. The topological polar surface area (TPSA) is 98.5 Å². The number of nitro benzene ring substituents is 1. The van der Waals surface area contributed by atoms with E-state index in [1.54, 1.807) is 19.2 Å². The molecule has 0 fully saturated rings. The molecule has 0 saturated heterocycles. The van der Waals surface area contributed by atoms with Crippen molar-refractivity contribution in [2.75, 3.05) is 5.32 Å². The van der Waals surface area contributed by atoms with Crippen molar-refractivity contribution in [3.8, 4) is 11.1 Å².